The predicted molar refractivity (Wildman–Crippen MR) is 74.0 cm³/mol. The van der Waals surface area contributed by atoms with Crippen LogP contribution in [0.5, 0.6) is 0 Å². The minimum absolute atomic E-state index is 0.0907. The van der Waals surface area contributed by atoms with Crippen LogP contribution in [0.2, 0.25) is 10.0 Å². The Morgan fingerprint density at radius 1 is 1.39 bits per heavy atom. The van der Waals surface area contributed by atoms with Crippen molar-refractivity contribution in [2.45, 2.75) is 25.4 Å². The van der Waals surface area contributed by atoms with Gasteiger partial charge < -0.3 is 10.2 Å². The zero-order chi connectivity index (χ0) is 13.1. The lowest BCUT2D eigenvalue weighted by Crippen LogP contribution is -2.35. The van der Waals surface area contributed by atoms with Crippen LogP contribution in [0.4, 0.5) is 0 Å². The van der Waals surface area contributed by atoms with E-state index >= 15 is 0 Å². The highest BCUT2D eigenvalue weighted by atomic mass is 35.5. The molecule has 1 fully saturated rings. The van der Waals surface area contributed by atoms with Crippen molar-refractivity contribution in [3.8, 4) is 0 Å². The second kappa shape index (κ2) is 5.91. The minimum Gasteiger partial charge on any atom is -0.340 e. The SMILES string of the molecule is CN(Cc1ccc(Cl)c(Cl)c1)C(=O)CNC1CC1. The first-order valence-corrected chi connectivity index (χ1v) is 6.73. The number of halogens is 2. The molecule has 1 saturated carbocycles. The van der Waals surface area contributed by atoms with Gasteiger partial charge in [-0.05, 0) is 30.5 Å². The average Bonchev–Trinajstić information content (AvgIpc) is 3.14. The van der Waals surface area contributed by atoms with Gasteiger partial charge in [0, 0.05) is 19.6 Å². The van der Waals surface area contributed by atoms with Crippen molar-refractivity contribution in [2.75, 3.05) is 13.6 Å². The molecule has 1 aromatic rings. The lowest BCUT2D eigenvalue weighted by Gasteiger charge is -2.18. The van der Waals surface area contributed by atoms with Crippen molar-refractivity contribution in [2.24, 2.45) is 0 Å². The van der Waals surface area contributed by atoms with Crippen molar-refractivity contribution < 1.29 is 4.79 Å². The third-order valence-corrected chi connectivity index (χ3v) is 3.69. The molecule has 2 rings (SSSR count). The standard InChI is InChI=1S/C13H16Cl2N2O/c1-17(13(18)7-16-10-3-4-10)8-9-2-5-11(14)12(15)6-9/h2,5-6,10,16H,3-4,7-8H2,1H3. The number of carbonyl (C=O) groups is 1. The van der Waals surface area contributed by atoms with Gasteiger partial charge in [0.1, 0.15) is 0 Å². The normalized spacial score (nSPS) is 14.6. The van der Waals surface area contributed by atoms with E-state index in [9.17, 15) is 4.79 Å². The van der Waals surface area contributed by atoms with Crippen LogP contribution in [0.15, 0.2) is 18.2 Å². The molecule has 3 nitrogen and oxygen atoms in total. The summed E-state index contributed by atoms with van der Waals surface area (Å²) in [6.45, 7) is 0.949. The number of nitrogens with one attached hydrogen (secondary N) is 1. The second-order valence-corrected chi connectivity index (χ2v) is 5.47. The van der Waals surface area contributed by atoms with E-state index in [1.54, 1.807) is 24.1 Å². The average molecular weight is 287 g/mol. The van der Waals surface area contributed by atoms with Crippen LogP contribution in [0.1, 0.15) is 18.4 Å². The fourth-order valence-corrected chi connectivity index (χ4v) is 1.97. The highest BCUT2D eigenvalue weighted by Crippen LogP contribution is 2.23. The molecule has 98 valence electrons. The molecule has 0 heterocycles. The third-order valence-electron chi connectivity index (χ3n) is 2.95. The number of hydrogen-bond donors (Lipinski definition) is 1. The van der Waals surface area contributed by atoms with Gasteiger partial charge in [0.05, 0.1) is 16.6 Å². The summed E-state index contributed by atoms with van der Waals surface area (Å²) < 4.78 is 0. The first kappa shape index (κ1) is 13.7. The van der Waals surface area contributed by atoms with Crippen LogP contribution in [0.25, 0.3) is 0 Å². The Bertz CT molecular complexity index is 447. The summed E-state index contributed by atoms with van der Waals surface area (Å²) in [7, 11) is 1.79. The topological polar surface area (TPSA) is 32.3 Å². The van der Waals surface area contributed by atoms with Crippen LogP contribution >= 0.6 is 23.2 Å². The number of amides is 1. The molecule has 0 aliphatic heterocycles. The Morgan fingerprint density at radius 3 is 2.72 bits per heavy atom. The fourth-order valence-electron chi connectivity index (χ4n) is 1.65. The van der Waals surface area contributed by atoms with Gasteiger partial charge in [0.15, 0.2) is 0 Å². The molecule has 1 aliphatic rings. The largest absolute Gasteiger partial charge is 0.340 e. The van der Waals surface area contributed by atoms with Crippen molar-refractivity contribution >= 4 is 29.1 Å². The van der Waals surface area contributed by atoms with Gasteiger partial charge in [0.25, 0.3) is 0 Å². The number of hydrogen-bond acceptors (Lipinski definition) is 2. The number of benzene rings is 1. The molecule has 0 atom stereocenters. The van der Waals surface area contributed by atoms with Gasteiger partial charge in [0.2, 0.25) is 5.91 Å². The van der Waals surface area contributed by atoms with Crippen LogP contribution in [0.3, 0.4) is 0 Å². The highest BCUT2D eigenvalue weighted by molar-refractivity contribution is 6.42. The molecule has 0 aromatic heterocycles. The quantitative estimate of drug-likeness (QED) is 0.903. The minimum atomic E-state index is 0.0907. The van der Waals surface area contributed by atoms with E-state index in [1.165, 1.54) is 12.8 Å². The summed E-state index contributed by atoms with van der Waals surface area (Å²) in [5.41, 5.74) is 0.978. The lowest BCUT2D eigenvalue weighted by atomic mass is 10.2. The molecule has 5 heteroatoms. The summed E-state index contributed by atoms with van der Waals surface area (Å²) >= 11 is 11.8. The maximum absolute atomic E-state index is 11.8. The molecular weight excluding hydrogens is 271 g/mol. The summed E-state index contributed by atoms with van der Waals surface area (Å²) in [5, 5.41) is 4.26. The molecule has 1 N–H and O–H groups in total. The Balaban J connectivity index is 1.86. The molecule has 0 unspecified atom stereocenters. The summed E-state index contributed by atoms with van der Waals surface area (Å²) in [5.74, 6) is 0.0907. The Hall–Kier alpha value is -0.770. The predicted octanol–water partition coefficient (Wildman–Crippen LogP) is 2.70. The first-order chi connectivity index (χ1) is 8.56. The number of rotatable bonds is 5. The van der Waals surface area contributed by atoms with E-state index in [-0.39, 0.29) is 5.91 Å². The monoisotopic (exact) mass is 286 g/mol. The first-order valence-electron chi connectivity index (χ1n) is 5.97. The maximum Gasteiger partial charge on any atom is 0.236 e. The van der Waals surface area contributed by atoms with Gasteiger partial charge in [-0.3, -0.25) is 4.79 Å². The molecule has 1 aliphatic carbocycles. The van der Waals surface area contributed by atoms with E-state index in [2.05, 4.69) is 5.32 Å². The molecule has 1 amide bonds. The van der Waals surface area contributed by atoms with E-state index in [0.29, 0.717) is 29.2 Å². The van der Waals surface area contributed by atoms with Crippen molar-refractivity contribution in [1.82, 2.24) is 10.2 Å². The molecule has 0 spiro atoms. The van der Waals surface area contributed by atoms with Crippen LogP contribution in [-0.4, -0.2) is 30.4 Å². The number of nitrogens with zero attached hydrogens (tertiary/aromatic N) is 1. The van der Waals surface area contributed by atoms with Crippen LogP contribution < -0.4 is 5.32 Å². The van der Waals surface area contributed by atoms with Gasteiger partial charge in [-0.25, -0.2) is 0 Å². The zero-order valence-electron chi connectivity index (χ0n) is 10.2. The molecule has 0 radical (unpaired) electrons. The summed E-state index contributed by atoms with van der Waals surface area (Å²) in [6.07, 6.45) is 2.37. The number of carbonyl (C=O) groups excluding carboxylic acids is 1. The fraction of sp³-hybridized carbons (Fsp3) is 0.462. The Kier molecular flexibility index (Phi) is 4.49. The Labute approximate surface area is 117 Å². The molecular formula is C13H16Cl2N2O. The lowest BCUT2D eigenvalue weighted by molar-refractivity contribution is -0.129. The molecule has 1 aromatic carbocycles. The second-order valence-electron chi connectivity index (χ2n) is 4.65. The van der Waals surface area contributed by atoms with Crippen LogP contribution in [-0.2, 0) is 11.3 Å². The maximum atomic E-state index is 11.8. The number of likely N-dealkylation sites (N-methyl/N-ethyl adjacent to an activating group) is 1. The molecule has 0 saturated heterocycles. The van der Waals surface area contributed by atoms with Crippen LogP contribution in [0, 0.1) is 0 Å². The van der Waals surface area contributed by atoms with Gasteiger partial charge in [-0.2, -0.15) is 0 Å². The third kappa shape index (κ3) is 3.87. The van der Waals surface area contributed by atoms with E-state index in [0.717, 1.165) is 5.56 Å². The van der Waals surface area contributed by atoms with Crippen molar-refractivity contribution in [3.63, 3.8) is 0 Å². The summed E-state index contributed by atoms with van der Waals surface area (Å²) in [6, 6.07) is 5.97. The zero-order valence-corrected chi connectivity index (χ0v) is 11.8. The van der Waals surface area contributed by atoms with E-state index < -0.39 is 0 Å². The van der Waals surface area contributed by atoms with Crippen molar-refractivity contribution in [1.29, 1.82) is 0 Å². The van der Waals surface area contributed by atoms with Gasteiger partial charge in [-0.1, -0.05) is 29.3 Å². The van der Waals surface area contributed by atoms with Crippen molar-refractivity contribution in [3.05, 3.63) is 33.8 Å². The molecule has 18 heavy (non-hydrogen) atoms. The van der Waals surface area contributed by atoms with E-state index in [1.807, 2.05) is 6.07 Å². The summed E-state index contributed by atoms with van der Waals surface area (Å²) in [4.78, 5) is 13.5. The van der Waals surface area contributed by atoms with Gasteiger partial charge >= 0.3 is 0 Å². The van der Waals surface area contributed by atoms with E-state index in [4.69, 9.17) is 23.2 Å². The Morgan fingerprint density at radius 2 is 2.11 bits per heavy atom. The molecule has 0 bridgehead atoms. The van der Waals surface area contributed by atoms with Gasteiger partial charge in [-0.15, -0.1) is 0 Å². The smallest absolute Gasteiger partial charge is 0.236 e. The highest BCUT2D eigenvalue weighted by Gasteiger charge is 2.22.